The maximum Gasteiger partial charge on any atom is 0.164 e. The van der Waals surface area contributed by atoms with E-state index in [1.807, 2.05) is 7.11 Å². The van der Waals surface area contributed by atoms with Crippen LogP contribution in [0.1, 0.15) is 98.2 Å². The summed E-state index contributed by atoms with van der Waals surface area (Å²) in [4.78, 5) is 14.0. The van der Waals surface area contributed by atoms with E-state index >= 15 is 0 Å². The zero-order chi connectivity index (χ0) is 32.1. The molecule has 8 atom stereocenters. The van der Waals surface area contributed by atoms with Crippen LogP contribution in [-0.4, -0.2) is 40.3 Å². The number of fused-ring (bicyclic) bond motifs is 5. The summed E-state index contributed by atoms with van der Waals surface area (Å²) in [6.07, 6.45) is 11.2. The Hall–Kier alpha value is -2.38. The van der Waals surface area contributed by atoms with Gasteiger partial charge in [-0.15, -0.1) is 10.2 Å². The van der Waals surface area contributed by atoms with E-state index < -0.39 is 0 Å². The standard InChI is InChI=1S/C38H55FN4O2/c1-23(2)34-32(44)21-38(22-33-41-42-36(43(33)20-19-40)26-8-10-27(39)11-9-26)18-16-28-29-12-7-24(3)37(5,17-15-25(4)45-6)31(29)14-13-30(28)35(34)38/h8-11,23-25,28-31H,7,12-22,40H2,1-6H3. The molecule has 0 radical (unpaired) electrons. The number of nitrogens with two attached hydrogens (primary N) is 1. The van der Waals surface area contributed by atoms with Gasteiger partial charge in [-0.25, -0.2) is 4.39 Å². The van der Waals surface area contributed by atoms with Crippen LogP contribution in [0.4, 0.5) is 4.39 Å². The van der Waals surface area contributed by atoms with Crippen molar-refractivity contribution in [3.05, 3.63) is 47.1 Å². The van der Waals surface area contributed by atoms with Crippen molar-refractivity contribution in [1.29, 1.82) is 0 Å². The second kappa shape index (κ2) is 12.7. The Bertz CT molecular complexity index is 1420. The van der Waals surface area contributed by atoms with E-state index in [2.05, 4.69) is 44.3 Å². The molecule has 2 aromatic rings. The molecule has 4 aliphatic rings. The lowest BCUT2D eigenvalue weighted by atomic mass is 9.45. The summed E-state index contributed by atoms with van der Waals surface area (Å²) in [7, 11) is 1.84. The van der Waals surface area contributed by atoms with Gasteiger partial charge in [-0.3, -0.25) is 4.79 Å². The number of hydrogen-bond acceptors (Lipinski definition) is 5. The van der Waals surface area contributed by atoms with Crippen LogP contribution in [0.25, 0.3) is 11.4 Å². The third-order valence-electron chi connectivity index (χ3n) is 13.1. The molecule has 246 valence electrons. The zero-order valence-electron chi connectivity index (χ0n) is 28.4. The molecule has 1 heterocycles. The largest absolute Gasteiger partial charge is 0.382 e. The van der Waals surface area contributed by atoms with Gasteiger partial charge in [0.2, 0.25) is 0 Å². The first kappa shape index (κ1) is 32.6. The van der Waals surface area contributed by atoms with Gasteiger partial charge in [-0.1, -0.05) is 33.3 Å². The van der Waals surface area contributed by atoms with E-state index in [1.165, 1.54) is 56.2 Å². The SMILES string of the molecule is COC(C)CCC1(C)C(C)CCC2C3CCC4(Cc5nnc(-c6ccc(F)cc6)n5CCN)CC(=O)C(C(C)C)=C4C3CCC21. The molecule has 3 saturated carbocycles. The van der Waals surface area contributed by atoms with Crippen molar-refractivity contribution in [2.24, 2.45) is 52.1 Å². The number of carbonyl (C=O) groups excluding carboxylic acids is 1. The lowest BCUT2D eigenvalue weighted by Crippen LogP contribution is -2.52. The molecule has 0 aliphatic heterocycles. The van der Waals surface area contributed by atoms with Gasteiger partial charge in [0, 0.05) is 44.0 Å². The van der Waals surface area contributed by atoms with Crippen LogP contribution < -0.4 is 5.73 Å². The highest BCUT2D eigenvalue weighted by atomic mass is 19.1. The van der Waals surface area contributed by atoms with Crippen molar-refractivity contribution in [1.82, 2.24) is 14.8 Å². The summed E-state index contributed by atoms with van der Waals surface area (Å²) in [5.74, 6) is 5.23. The Morgan fingerprint density at radius 1 is 1.07 bits per heavy atom. The van der Waals surface area contributed by atoms with Gasteiger partial charge in [0.05, 0.1) is 6.10 Å². The van der Waals surface area contributed by atoms with Crippen molar-refractivity contribution in [2.45, 2.75) is 111 Å². The van der Waals surface area contributed by atoms with Crippen LogP contribution in [0.5, 0.6) is 0 Å². The first-order valence-corrected chi connectivity index (χ1v) is 17.7. The Morgan fingerprint density at radius 2 is 1.82 bits per heavy atom. The van der Waals surface area contributed by atoms with Gasteiger partial charge in [0.25, 0.3) is 0 Å². The molecule has 0 bridgehead atoms. The lowest BCUT2D eigenvalue weighted by Gasteiger charge is -2.60. The van der Waals surface area contributed by atoms with Crippen molar-refractivity contribution >= 4 is 5.78 Å². The van der Waals surface area contributed by atoms with Crippen LogP contribution in [0, 0.1) is 52.2 Å². The van der Waals surface area contributed by atoms with Gasteiger partial charge < -0.3 is 15.0 Å². The second-order valence-electron chi connectivity index (χ2n) is 15.7. The summed E-state index contributed by atoms with van der Waals surface area (Å²) in [6, 6.07) is 6.45. The number of rotatable bonds is 10. The maximum absolute atomic E-state index is 14.0. The number of carbonyl (C=O) groups is 1. The first-order chi connectivity index (χ1) is 21.5. The van der Waals surface area contributed by atoms with Crippen molar-refractivity contribution < 1.29 is 13.9 Å². The number of ketones is 1. The third-order valence-corrected chi connectivity index (χ3v) is 13.1. The molecule has 6 nitrogen and oxygen atoms in total. The molecule has 3 fully saturated rings. The molecule has 1 aromatic carbocycles. The molecular weight excluding hydrogens is 563 g/mol. The Labute approximate surface area is 269 Å². The quantitative estimate of drug-likeness (QED) is 0.294. The number of ether oxygens (including phenoxy) is 1. The van der Waals surface area contributed by atoms with Crippen LogP contribution in [0.2, 0.25) is 0 Å². The summed E-state index contributed by atoms with van der Waals surface area (Å²) in [5.41, 5.74) is 9.67. The summed E-state index contributed by atoms with van der Waals surface area (Å²) >= 11 is 0. The second-order valence-corrected chi connectivity index (χ2v) is 15.7. The first-order valence-electron chi connectivity index (χ1n) is 17.7. The van der Waals surface area contributed by atoms with Crippen LogP contribution in [0.15, 0.2) is 35.4 Å². The highest BCUT2D eigenvalue weighted by Gasteiger charge is 2.59. The number of methoxy groups -OCH3 is 1. The third kappa shape index (κ3) is 5.64. The van der Waals surface area contributed by atoms with Gasteiger partial charge >= 0.3 is 0 Å². The number of halogens is 1. The van der Waals surface area contributed by atoms with Crippen LogP contribution in [-0.2, 0) is 22.5 Å². The number of benzene rings is 1. The maximum atomic E-state index is 14.0. The van der Waals surface area contributed by atoms with Gasteiger partial charge in [0.15, 0.2) is 11.6 Å². The monoisotopic (exact) mass is 618 g/mol. The molecule has 1 aromatic heterocycles. The molecule has 7 heteroatoms. The fraction of sp³-hybridized carbons (Fsp3) is 0.711. The topological polar surface area (TPSA) is 83.0 Å². The van der Waals surface area contributed by atoms with Gasteiger partial charge in [0.1, 0.15) is 11.6 Å². The fourth-order valence-electron chi connectivity index (χ4n) is 10.6. The van der Waals surface area contributed by atoms with E-state index in [4.69, 9.17) is 15.6 Å². The molecule has 8 unspecified atom stereocenters. The Kier molecular flexibility index (Phi) is 9.17. The summed E-state index contributed by atoms with van der Waals surface area (Å²) in [6.45, 7) is 12.8. The number of hydrogen-bond donors (Lipinski definition) is 1. The number of Topliss-reactive ketones (excluding diaryl/α,β-unsaturated/α-hetero) is 1. The molecule has 4 aliphatic carbocycles. The number of nitrogens with zero attached hydrogens (tertiary/aromatic N) is 3. The summed E-state index contributed by atoms with van der Waals surface area (Å²) in [5, 5.41) is 9.34. The molecule has 0 spiro atoms. The van der Waals surface area contributed by atoms with Crippen LogP contribution in [0.3, 0.4) is 0 Å². The normalized spacial score (nSPS) is 33.7. The highest BCUT2D eigenvalue weighted by molar-refractivity contribution is 6.00. The zero-order valence-corrected chi connectivity index (χ0v) is 28.4. The fourth-order valence-corrected chi connectivity index (χ4v) is 10.6. The van der Waals surface area contributed by atoms with E-state index in [1.54, 1.807) is 12.1 Å². The molecule has 45 heavy (non-hydrogen) atoms. The molecular formula is C38H55FN4O2. The minimum atomic E-state index is -0.271. The molecule has 6 rings (SSSR count). The van der Waals surface area contributed by atoms with Gasteiger partial charge in [-0.05, 0) is 129 Å². The number of allylic oxidation sites excluding steroid dienone is 2. The van der Waals surface area contributed by atoms with Crippen molar-refractivity contribution in [2.75, 3.05) is 13.7 Å². The van der Waals surface area contributed by atoms with E-state index in [0.717, 1.165) is 53.4 Å². The number of aromatic nitrogens is 3. The highest BCUT2D eigenvalue weighted by Crippen LogP contribution is 2.66. The van der Waals surface area contributed by atoms with Gasteiger partial charge in [-0.2, -0.15) is 0 Å². The Balaban J connectivity index is 1.34. The summed E-state index contributed by atoms with van der Waals surface area (Å²) < 4.78 is 21.5. The minimum Gasteiger partial charge on any atom is -0.382 e. The van der Waals surface area contributed by atoms with Crippen molar-refractivity contribution in [3.63, 3.8) is 0 Å². The average molecular weight is 619 g/mol. The predicted molar refractivity (Wildman–Crippen MR) is 177 cm³/mol. The smallest absolute Gasteiger partial charge is 0.164 e. The van der Waals surface area contributed by atoms with E-state index in [-0.39, 0.29) is 17.2 Å². The molecule has 0 saturated heterocycles. The molecule has 2 N–H and O–H groups in total. The minimum absolute atomic E-state index is 0.205. The van der Waals surface area contributed by atoms with Crippen molar-refractivity contribution in [3.8, 4) is 11.4 Å². The Morgan fingerprint density at radius 3 is 2.51 bits per heavy atom. The average Bonchev–Trinajstić information content (AvgIpc) is 3.55. The lowest BCUT2D eigenvalue weighted by molar-refractivity contribution is -0.116. The molecule has 0 amide bonds. The predicted octanol–water partition coefficient (Wildman–Crippen LogP) is 7.80. The van der Waals surface area contributed by atoms with E-state index in [0.29, 0.717) is 55.1 Å². The van der Waals surface area contributed by atoms with E-state index in [9.17, 15) is 9.18 Å². The van der Waals surface area contributed by atoms with Crippen LogP contribution >= 0.6 is 0 Å².